The lowest BCUT2D eigenvalue weighted by Gasteiger charge is -2.47. The Labute approximate surface area is 406 Å². The Bertz CT molecular complexity index is 2870. The summed E-state index contributed by atoms with van der Waals surface area (Å²) in [5.41, 5.74) is 4.24. The Morgan fingerprint density at radius 3 is 2.80 bits per heavy atom. The fourth-order valence-corrected chi connectivity index (χ4v) is 11.9. The zero-order valence-electron chi connectivity index (χ0n) is 39.4. The summed E-state index contributed by atoms with van der Waals surface area (Å²) in [5, 5.41) is 53.2. The van der Waals surface area contributed by atoms with Gasteiger partial charge in [0.1, 0.15) is 53.8 Å². The van der Waals surface area contributed by atoms with E-state index < -0.39 is 48.7 Å². The van der Waals surface area contributed by atoms with Gasteiger partial charge < -0.3 is 59.1 Å². The number of fused-ring (bicyclic) bond motifs is 10. The van der Waals surface area contributed by atoms with Gasteiger partial charge in [0, 0.05) is 50.4 Å². The van der Waals surface area contributed by atoms with Gasteiger partial charge >= 0.3 is 0 Å². The molecule has 2 aliphatic carbocycles. The Morgan fingerprint density at radius 2 is 1.96 bits per heavy atom. The van der Waals surface area contributed by atoms with E-state index in [-0.39, 0.29) is 60.4 Å². The monoisotopic (exact) mass is 952 g/mol. The predicted molar refractivity (Wildman–Crippen MR) is 258 cm³/mol. The highest BCUT2D eigenvalue weighted by Gasteiger charge is 2.59. The van der Waals surface area contributed by atoms with Crippen molar-refractivity contribution in [2.24, 2.45) is 10.9 Å². The van der Waals surface area contributed by atoms with Gasteiger partial charge in [0.2, 0.25) is 6.29 Å². The molecule has 5 aliphatic heterocycles. The van der Waals surface area contributed by atoms with Crippen LogP contribution in [0.5, 0.6) is 17.2 Å². The normalized spacial score (nSPS) is 27.9. The number of methoxy groups -OCH3 is 2. The number of ether oxygens (including phenoxy) is 6. The van der Waals surface area contributed by atoms with Crippen molar-refractivity contribution < 1.29 is 58.4 Å². The molecule has 0 spiro atoms. The van der Waals surface area contributed by atoms with Crippen molar-refractivity contribution in [2.75, 3.05) is 47.1 Å². The van der Waals surface area contributed by atoms with Crippen LogP contribution in [0.1, 0.15) is 104 Å². The highest BCUT2D eigenvalue weighted by molar-refractivity contribution is 6.13. The van der Waals surface area contributed by atoms with Crippen LogP contribution in [0, 0.1) is 23.9 Å². The number of nitrogens with one attached hydrogen (secondary N) is 1. The SMILES string of the molecule is COCCCCNCc1ccc2c(c1)[C+]([C@H]1/C=C/c3c(OC)cc4c5c(c6c(O)c4c3O[C@H]3O[C@H](CO1)[C@@H](O)[C@H](OC#CCc1cccc4c1CN(CC6=O)C4=O)[C@]3(O)CO)[C@@H]1CCC[C@@H]1CC5)C=N2. The number of aliphatic hydroxyl groups excluding tert-OH is 2. The Balaban J connectivity index is 1.10. The number of phenolic OH excluding ortho intramolecular Hbond substituents is 1. The summed E-state index contributed by atoms with van der Waals surface area (Å²) in [4.78, 5) is 35.5. The molecule has 1 saturated heterocycles. The summed E-state index contributed by atoms with van der Waals surface area (Å²) in [6, 6.07) is 13.3. The zero-order valence-corrected chi connectivity index (χ0v) is 39.4. The van der Waals surface area contributed by atoms with Crippen LogP contribution in [0.2, 0.25) is 0 Å². The fraction of sp³-hybridized carbons (Fsp3) is 0.455. The minimum Gasteiger partial charge on any atom is -0.506 e. The summed E-state index contributed by atoms with van der Waals surface area (Å²) < 4.78 is 37.6. The lowest BCUT2D eigenvalue weighted by atomic mass is 9.72. The molecule has 7 aliphatic rings. The molecular weight excluding hydrogens is 895 g/mol. The van der Waals surface area contributed by atoms with Crippen molar-refractivity contribution in [3.05, 3.63) is 105 Å². The van der Waals surface area contributed by atoms with E-state index >= 15 is 4.79 Å². The van der Waals surface area contributed by atoms with Crippen LogP contribution >= 0.6 is 0 Å². The molecule has 1 saturated carbocycles. The van der Waals surface area contributed by atoms with Gasteiger partial charge in [-0.05, 0) is 115 Å². The van der Waals surface area contributed by atoms with Crippen LogP contribution in [0.3, 0.4) is 0 Å². The quantitative estimate of drug-likeness (QED) is 0.0752. The van der Waals surface area contributed by atoms with Gasteiger partial charge in [-0.1, -0.05) is 24.5 Å². The highest BCUT2D eigenvalue weighted by atomic mass is 16.7. The molecular formula is C55H58N3O12+. The topological polar surface area (TPSA) is 198 Å². The number of aliphatic imine (C=N–C) groups is 1. The van der Waals surface area contributed by atoms with Crippen molar-refractivity contribution in [1.82, 2.24) is 10.2 Å². The van der Waals surface area contributed by atoms with Gasteiger partial charge in [0.15, 0.2) is 28.7 Å². The minimum absolute atomic E-state index is 0.000876. The number of aryl methyl sites for hydroxylation is 1. The molecule has 0 unspecified atom stereocenters. The molecule has 0 aromatic heterocycles. The molecule has 4 aromatic rings. The van der Waals surface area contributed by atoms with Crippen molar-refractivity contribution in [3.63, 3.8) is 0 Å². The molecule has 15 heteroatoms. The number of unbranched alkanes of at least 4 members (excludes halogenated alkanes) is 1. The van der Waals surface area contributed by atoms with Gasteiger partial charge in [-0.3, -0.25) is 9.59 Å². The maximum Gasteiger partial charge on any atom is 0.254 e. The molecule has 1 amide bonds. The number of aromatic hydroxyl groups is 1. The van der Waals surface area contributed by atoms with E-state index in [0.29, 0.717) is 47.8 Å². The van der Waals surface area contributed by atoms with Crippen LogP contribution in [-0.2, 0) is 44.9 Å². The zero-order chi connectivity index (χ0) is 48.3. The molecule has 5 N–H and O–H groups in total. The number of carbonyl (C=O) groups is 2. The first kappa shape index (κ1) is 46.4. The Morgan fingerprint density at radius 1 is 1.07 bits per heavy atom. The number of Topliss-reactive ketones (excluding diaryl/α,β-unsaturated/α-hetero) is 1. The smallest absolute Gasteiger partial charge is 0.254 e. The number of hydrogen-bond donors (Lipinski definition) is 5. The minimum atomic E-state index is -2.46. The summed E-state index contributed by atoms with van der Waals surface area (Å²) in [5.74, 6) is 3.33. The standard InChI is InChI=1S/C55H57N3O12/c1-65-20-4-3-19-56-24-30-13-17-41-37(22-30)39(25-57-41)43-18-16-36-44(66-2)23-38-34-15-14-32-9-5-11-33(32)46(34)48-42(60)27-58-26-40-31(8-6-12-35(40)53(58)63)10-7-21-67-52-49(61)45(28-68-43)69-54(55(52,64)29-59)70-51(36)47(38)50(48)62/h6,8,12-13,16-18,22-23,25,32-33,43,45,49,52,54,56,59,61,64H,3-5,9-11,14-15,19-20,24,26-29H2,1-2H3/p+1/b18-16+/t32-,33-,43-,45-,49-,52+,54-,55-/m1/s1. The molecule has 5 heterocycles. The lowest BCUT2D eigenvalue weighted by Crippen LogP contribution is -2.70. The van der Waals surface area contributed by atoms with Gasteiger partial charge in [-0.15, -0.1) is 0 Å². The molecule has 364 valence electrons. The first-order valence-corrected chi connectivity index (χ1v) is 24.5. The molecule has 70 heavy (non-hydrogen) atoms. The molecule has 2 fully saturated rings. The molecule has 4 aromatic carbocycles. The first-order valence-electron chi connectivity index (χ1n) is 24.5. The van der Waals surface area contributed by atoms with E-state index in [2.05, 4.69) is 23.4 Å². The third-order valence-corrected chi connectivity index (χ3v) is 15.5. The average Bonchev–Trinajstić information content (AvgIpc) is 4.10. The van der Waals surface area contributed by atoms with E-state index in [1.165, 1.54) is 12.0 Å². The van der Waals surface area contributed by atoms with Crippen molar-refractivity contribution in [1.29, 1.82) is 0 Å². The number of amides is 1. The third kappa shape index (κ3) is 7.90. The fourth-order valence-electron chi connectivity index (χ4n) is 11.9. The maximum absolute atomic E-state index is 15.2. The van der Waals surface area contributed by atoms with Gasteiger partial charge in [0.25, 0.3) is 5.91 Å². The van der Waals surface area contributed by atoms with E-state index in [9.17, 15) is 25.2 Å². The summed E-state index contributed by atoms with van der Waals surface area (Å²) in [7, 11) is 3.23. The number of aliphatic hydroxyl groups is 3. The summed E-state index contributed by atoms with van der Waals surface area (Å²) >= 11 is 0. The van der Waals surface area contributed by atoms with Crippen LogP contribution in [-0.4, -0.2) is 127 Å². The van der Waals surface area contributed by atoms with Crippen LogP contribution in [0.15, 0.2) is 53.5 Å². The average molecular weight is 953 g/mol. The Hall–Kier alpha value is -5.96. The second-order valence-electron chi connectivity index (χ2n) is 19.5. The molecule has 8 atom stereocenters. The summed E-state index contributed by atoms with van der Waals surface area (Å²) in [6.07, 6.45) is 7.32. The van der Waals surface area contributed by atoms with Crippen LogP contribution in [0.25, 0.3) is 16.8 Å². The molecule has 0 radical (unpaired) electrons. The van der Waals surface area contributed by atoms with E-state index in [1.54, 1.807) is 31.5 Å². The number of ketones is 1. The predicted octanol–water partition coefficient (Wildman–Crippen LogP) is 5.58. The first-order chi connectivity index (χ1) is 34.1. The molecule has 15 nitrogen and oxygen atoms in total. The largest absolute Gasteiger partial charge is 0.506 e. The van der Waals surface area contributed by atoms with Crippen molar-refractivity contribution >= 4 is 40.4 Å². The lowest BCUT2D eigenvalue weighted by molar-refractivity contribution is -0.328. The number of benzene rings is 4. The number of rotatable bonds is 10. The van der Waals surface area contributed by atoms with Crippen LogP contribution < -0.4 is 14.8 Å². The molecule has 11 rings (SSSR count). The van der Waals surface area contributed by atoms with Crippen molar-refractivity contribution in [3.8, 4) is 29.3 Å². The maximum atomic E-state index is 15.2. The summed E-state index contributed by atoms with van der Waals surface area (Å²) in [6.45, 7) is 0.805. The van der Waals surface area contributed by atoms with Gasteiger partial charge in [-0.25, -0.2) is 0 Å². The van der Waals surface area contributed by atoms with E-state index in [0.717, 1.165) is 90.1 Å². The third-order valence-electron chi connectivity index (χ3n) is 15.5. The van der Waals surface area contributed by atoms with Gasteiger partial charge in [0.05, 0.1) is 49.4 Å². The van der Waals surface area contributed by atoms with Gasteiger partial charge in [-0.2, -0.15) is 4.99 Å². The highest BCUT2D eigenvalue weighted by Crippen LogP contribution is 2.56. The number of hydrogen-bond acceptors (Lipinski definition) is 14. The number of phenols is 1. The van der Waals surface area contributed by atoms with Crippen LogP contribution in [0.4, 0.5) is 5.69 Å². The molecule has 8 bridgehead atoms. The second-order valence-corrected chi connectivity index (χ2v) is 19.5. The van der Waals surface area contributed by atoms with E-state index in [4.69, 9.17) is 33.4 Å². The Kier molecular flexibility index (Phi) is 12.6. The second kappa shape index (κ2) is 19.0. The number of nitrogens with zero attached hydrogens (tertiary/aromatic N) is 2. The number of carbonyl (C=O) groups excluding carboxylic acids is 2. The van der Waals surface area contributed by atoms with Crippen molar-refractivity contribution in [2.45, 2.75) is 107 Å². The van der Waals surface area contributed by atoms with E-state index in [1.807, 2.05) is 30.3 Å².